The van der Waals surface area contributed by atoms with Crippen LogP contribution in [0.1, 0.15) is 5.56 Å². The Hall–Kier alpha value is -1.43. The van der Waals surface area contributed by atoms with E-state index in [1.54, 1.807) is 0 Å². The molecule has 0 aliphatic heterocycles. The fraction of sp³-hybridized carbons (Fsp3) is 0.462. The van der Waals surface area contributed by atoms with E-state index in [-0.39, 0.29) is 25.2 Å². The van der Waals surface area contributed by atoms with Crippen molar-refractivity contribution in [3.8, 4) is 0 Å². The fourth-order valence-electron chi connectivity index (χ4n) is 1.58. The molecule has 1 atom stereocenters. The summed E-state index contributed by atoms with van der Waals surface area (Å²) in [5.41, 5.74) is 6.32. The molecule has 0 spiro atoms. The Kier molecular flexibility index (Phi) is 7.01. The van der Waals surface area contributed by atoms with Crippen molar-refractivity contribution in [1.29, 1.82) is 0 Å². The van der Waals surface area contributed by atoms with E-state index < -0.39 is 0 Å². The summed E-state index contributed by atoms with van der Waals surface area (Å²) < 4.78 is 5.02. The average molecular weight is 252 g/mol. The minimum Gasteiger partial charge on any atom is -0.394 e. The molecule has 0 aliphatic carbocycles. The average Bonchev–Trinajstić information content (AvgIpc) is 2.39. The van der Waals surface area contributed by atoms with E-state index in [1.807, 2.05) is 30.3 Å². The number of aliphatic hydroxyl groups excluding tert-OH is 1. The number of carbonyl (C=O) groups is 1. The molecule has 0 radical (unpaired) electrons. The molecule has 5 nitrogen and oxygen atoms in total. The molecule has 1 aromatic carbocycles. The molecule has 100 valence electrons. The quantitative estimate of drug-likeness (QED) is 0.554. The molecule has 0 fully saturated rings. The van der Waals surface area contributed by atoms with Crippen molar-refractivity contribution in [3.05, 3.63) is 35.9 Å². The molecule has 0 saturated carbocycles. The Morgan fingerprint density at radius 1 is 1.39 bits per heavy atom. The normalized spacial score (nSPS) is 12.1. The molecule has 4 N–H and O–H groups in total. The molecule has 1 amide bonds. The summed E-state index contributed by atoms with van der Waals surface area (Å²) in [7, 11) is 0. The topological polar surface area (TPSA) is 84.6 Å². The van der Waals surface area contributed by atoms with Crippen molar-refractivity contribution in [1.82, 2.24) is 5.32 Å². The van der Waals surface area contributed by atoms with E-state index in [0.29, 0.717) is 19.6 Å². The molecule has 0 unspecified atom stereocenters. The standard InChI is InChI=1S/C13H20N2O3/c14-6-7-18-10-13(17)15-12(9-16)8-11-4-2-1-3-5-11/h1-5,12,16H,6-10,14H2,(H,15,17)/t12-/m1/s1. The van der Waals surface area contributed by atoms with Crippen LogP contribution in [0.15, 0.2) is 30.3 Å². The molecule has 0 aliphatic rings. The van der Waals surface area contributed by atoms with Crippen molar-refractivity contribution < 1.29 is 14.6 Å². The van der Waals surface area contributed by atoms with Gasteiger partial charge in [0.25, 0.3) is 0 Å². The number of nitrogens with one attached hydrogen (secondary N) is 1. The second kappa shape index (κ2) is 8.63. The van der Waals surface area contributed by atoms with Crippen LogP contribution in [0.4, 0.5) is 0 Å². The van der Waals surface area contributed by atoms with Crippen molar-refractivity contribution in [2.75, 3.05) is 26.4 Å². The van der Waals surface area contributed by atoms with Crippen molar-refractivity contribution in [2.24, 2.45) is 5.73 Å². The van der Waals surface area contributed by atoms with Crippen LogP contribution in [-0.2, 0) is 16.0 Å². The zero-order chi connectivity index (χ0) is 13.2. The predicted octanol–water partition coefficient (Wildman–Crippen LogP) is -0.318. The van der Waals surface area contributed by atoms with Crippen LogP contribution in [0.25, 0.3) is 0 Å². The van der Waals surface area contributed by atoms with Gasteiger partial charge in [-0.1, -0.05) is 30.3 Å². The Labute approximate surface area is 107 Å². The number of carbonyl (C=O) groups excluding carboxylic acids is 1. The lowest BCUT2D eigenvalue weighted by molar-refractivity contribution is -0.126. The summed E-state index contributed by atoms with van der Waals surface area (Å²) in [5, 5.41) is 12.0. The maximum absolute atomic E-state index is 11.5. The first kappa shape index (κ1) is 14.6. The van der Waals surface area contributed by atoms with E-state index in [0.717, 1.165) is 5.56 Å². The third-order valence-electron chi connectivity index (χ3n) is 2.41. The molecular weight excluding hydrogens is 232 g/mol. The molecule has 0 aromatic heterocycles. The molecular formula is C13H20N2O3. The third kappa shape index (κ3) is 5.77. The SMILES string of the molecule is NCCOCC(=O)N[C@@H](CO)Cc1ccccc1. The summed E-state index contributed by atoms with van der Waals surface area (Å²) in [6.07, 6.45) is 0.597. The summed E-state index contributed by atoms with van der Waals surface area (Å²) in [6.45, 7) is 0.622. The zero-order valence-corrected chi connectivity index (χ0v) is 10.3. The zero-order valence-electron chi connectivity index (χ0n) is 10.3. The fourth-order valence-corrected chi connectivity index (χ4v) is 1.58. The van der Waals surface area contributed by atoms with Gasteiger partial charge in [0.2, 0.25) is 5.91 Å². The van der Waals surface area contributed by atoms with E-state index in [9.17, 15) is 9.90 Å². The minimum absolute atomic E-state index is 0.0253. The summed E-state index contributed by atoms with van der Waals surface area (Å²) in [5.74, 6) is -0.238. The lowest BCUT2D eigenvalue weighted by Gasteiger charge is -2.16. The summed E-state index contributed by atoms with van der Waals surface area (Å²) >= 11 is 0. The second-order valence-electron chi connectivity index (χ2n) is 3.98. The van der Waals surface area contributed by atoms with E-state index in [4.69, 9.17) is 10.5 Å². The lowest BCUT2D eigenvalue weighted by atomic mass is 10.1. The highest BCUT2D eigenvalue weighted by molar-refractivity contribution is 5.77. The van der Waals surface area contributed by atoms with Crippen LogP contribution in [0, 0.1) is 0 Å². The van der Waals surface area contributed by atoms with E-state index in [1.165, 1.54) is 0 Å². The molecule has 5 heteroatoms. The first-order chi connectivity index (χ1) is 8.76. The van der Waals surface area contributed by atoms with Gasteiger partial charge in [0, 0.05) is 6.54 Å². The first-order valence-corrected chi connectivity index (χ1v) is 5.98. The van der Waals surface area contributed by atoms with Gasteiger partial charge in [-0.15, -0.1) is 0 Å². The number of rotatable bonds is 8. The van der Waals surface area contributed by atoms with Crippen molar-refractivity contribution >= 4 is 5.91 Å². The van der Waals surface area contributed by atoms with Crippen LogP contribution in [0.5, 0.6) is 0 Å². The van der Waals surface area contributed by atoms with Crippen molar-refractivity contribution in [2.45, 2.75) is 12.5 Å². The molecule has 0 bridgehead atoms. The highest BCUT2D eigenvalue weighted by atomic mass is 16.5. The molecule has 0 heterocycles. The van der Waals surface area contributed by atoms with Crippen LogP contribution >= 0.6 is 0 Å². The van der Waals surface area contributed by atoms with Gasteiger partial charge >= 0.3 is 0 Å². The second-order valence-corrected chi connectivity index (χ2v) is 3.98. The Morgan fingerprint density at radius 2 is 2.11 bits per heavy atom. The highest BCUT2D eigenvalue weighted by Crippen LogP contribution is 2.02. The van der Waals surface area contributed by atoms with Gasteiger partial charge in [-0.05, 0) is 12.0 Å². The Balaban J connectivity index is 2.35. The minimum atomic E-state index is -0.290. The number of nitrogens with two attached hydrogens (primary N) is 1. The van der Waals surface area contributed by atoms with Gasteiger partial charge in [-0.25, -0.2) is 0 Å². The Bertz CT molecular complexity index is 343. The maximum atomic E-state index is 11.5. The van der Waals surface area contributed by atoms with Crippen LogP contribution < -0.4 is 11.1 Å². The lowest BCUT2D eigenvalue weighted by Crippen LogP contribution is -2.41. The van der Waals surface area contributed by atoms with Gasteiger partial charge in [-0.3, -0.25) is 4.79 Å². The predicted molar refractivity (Wildman–Crippen MR) is 69.0 cm³/mol. The largest absolute Gasteiger partial charge is 0.394 e. The third-order valence-corrected chi connectivity index (χ3v) is 2.41. The van der Waals surface area contributed by atoms with Crippen LogP contribution in [-0.4, -0.2) is 43.4 Å². The van der Waals surface area contributed by atoms with Gasteiger partial charge in [0.05, 0.1) is 19.3 Å². The monoisotopic (exact) mass is 252 g/mol. The van der Waals surface area contributed by atoms with E-state index >= 15 is 0 Å². The summed E-state index contributed by atoms with van der Waals surface area (Å²) in [6, 6.07) is 9.41. The van der Waals surface area contributed by atoms with Gasteiger partial charge in [0.1, 0.15) is 6.61 Å². The van der Waals surface area contributed by atoms with Gasteiger partial charge in [-0.2, -0.15) is 0 Å². The summed E-state index contributed by atoms with van der Waals surface area (Å²) in [4.78, 5) is 11.5. The van der Waals surface area contributed by atoms with Crippen LogP contribution in [0.3, 0.4) is 0 Å². The number of hydrogen-bond acceptors (Lipinski definition) is 4. The number of ether oxygens (including phenoxy) is 1. The number of amides is 1. The number of hydrogen-bond donors (Lipinski definition) is 3. The molecule has 0 saturated heterocycles. The van der Waals surface area contributed by atoms with E-state index in [2.05, 4.69) is 5.32 Å². The van der Waals surface area contributed by atoms with Gasteiger partial charge < -0.3 is 20.9 Å². The molecule has 1 aromatic rings. The molecule has 18 heavy (non-hydrogen) atoms. The van der Waals surface area contributed by atoms with Crippen LogP contribution in [0.2, 0.25) is 0 Å². The number of benzene rings is 1. The Morgan fingerprint density at radius 3 is 2.72 bits per heavy atom. The number of aliphatic hydroxyl groups is 1. The molecule has 1 rings (SSSR count). The highest BCUT2D eigenvalue weighted by Gasteiger charge is 2.11. The smallest absolute Gasteiger partial charge is 0.246 e. The maximum Gasteiger partial charge on any atom is 0.246 e. The first-order valence-electron chi connectivity index (χ1n) is 5.98. The van der Waals surface area contributed by atoms with Gasteiger partial charge in [0.15, 0.2) is 0 Å². The van der Waals surface area contributed by atoms with Crippen molar-refractivity contribution in [3.63, 3.8) is 0 Å².